The van der Waals surface area contributed by atoms with Gasteiger partial charge in [0.1, 0.15) is 6.04 Å². The molecule has 0 aliphatic carbocycles. The molecule has 0 saturated carbocycles. The molecule has 1 amide bonds. The standard InChI is InChI=1S/C25H24ClNO3/c1-25(19-11-5-3-6-12-19,20-13-7-4-8-14-20)24(29)27-22(23(28)30-2)17-18-10-9-15-21(26)16-18/h3-16,22H,17H2,1-2H3,(H,27,29)/t22-/m1/s1. The molecule has 0 saturated heterocycles. The summed E-state index contributed by atoms with van der Waals surface area (Å²) in [6, 6.07) is 25.4. The number of hydrogen-bond donors (Lipinski definition) is 1. The molecule has 3 aromatic rings. The topological polar surface area (TPSA) is 55.4 Å². The predicted octanol–water partition coefficient (Wildman–Crippen LogP) is 4.55. The van der Waals surface area contributed by atoms with Crippen molar-refractivity contribution >= 4 is 23.5 Å². The molecule has 0 unspecified atom stereocenters. The zero-order valence-electron chi connectivity index (χ0n) is 17.0. The van der Waals surface area contributed by atoms with Crippen LogP contribution in [0, 0.1) is 0 Å². The first-order chi connectivity index (χ1) is 14.4. The van der Waals surface area contributed by atoms with E-state index in [1.807, 2.05) is 79.7 Å². The molecule has 0 aromatic heterocycles. The van der Waals surface area contributed by atoms with E-state index in [1.165, 1.54) is 7.11 Å². The Kier molecular flexibility index (Phi) is 6.91. The molecular formula is C25H24ClNO3. The van der Waals surface area contributed by atoms with Gasteiger partial charge in [-0.1, -0.05) is 84.4 Å². The molecule has 3 aromatic carbocycles. The molecule has 5 heteroatoms. The van der Waals surface area contributed by atoms with Gasteiger partial charge < -0.3 is 10.1 Å². The van der Waals surface area contributed by atoms with E-state index in [9.17, 15) is 9.59 Å². The molecule has 0 heterocycles. The van der Waals surface area contributed by atoms with E-state index in [2.05, 4.69) is 5.32 Å². The van der Waals surface area contributed by atoms with Crippen molar-refractivity contribution in [3.05, 3.63) is 107 Å². The fourth-order valence-electron chi connectivity index (χ4n) is 3.51. The van der Waals surface area contributed by atoms with Gasteiger partial charge in [-0.25, -0.2) is 4.79 Å². The van der Waals surface area contributed by atoms with E-state index in [0.29, 0.717) is 5.02 Å². The van der Waals surface area contributed by atoms with Crippen molar-refractivity contribution in [1.29, 1.82) is 0 Å². The highest BCUT2D eigenvalue weighted by atomic mass is 35.5. The Morgan fingerprint density at radius 3 is 2.00 bits per heavy atom. The fraction of sp³-hybridized carbons (Fsp3) is 0.200. The maximum absolute atomic E-state index is 13.6. The van der Waals surface area contributed by atoms with Gasteiger partial charge in [-0.05, 0) is 35.7 Å². The van der Waals surface area contributed by atoms with Crippen LogP contribution in [0.3, 0.4) is 0 Å². The third-order valence-corrected chi connectivity index (χ3v) is 5.51. The summed E-state index contributed by atoms with van der Waals surface area (Å²) in [7, 11) is 1.31. The van der Waals surface area contributed by atoms with E-state index >= 15 is 0 Å². The SMILES string of the molecule is COC(=O)[C@@H](Cc1cccc(Cl)c1)NC(=O)C(C)(c1ccccc1)c1ccccc1. The minimum Gasteiger partial charge on any atom is -0.467 e. The maximum Gasteiger partial charge on any atom is 0.328 e. The van der Waals surface area contributed by atoms with Crippen molar-refractivity contribution in [1.82, 2.24) is 5.32 Å². The lowest BCUT2D eigenvalue weighted by molar-refractivity contribution is -0.145. The fourth-order valence-corrected chi connectivity index (χ4v) is 3.72. The van der Waals surface area contributed by atoms with Gasteiger partial charge in [0.25, 0.3) is 0 Å². The van der Waals surface area contributed by atoms with E-state index in [1.54, 1.807) is 12.1 Å². The highest BCUT2D eigenvalue weighted by Gasteiger charge is 2.39. The Morgan fingerprint density at radius 2 is 1.50 bits per heavy atom. The molecule has 0 radical (unpaired) electrons. The summed E-state index contributed by atoms with van der Waals surface area (Å²) in [5.41, 5.74) is 1.52. The summed E-state index contributed by atoms with van der Waals surface area (Å²) in [4.78, 5) is 26.1. The van der Waals surface area contributed by atoms with Crippen molar-refractivity contribution in [3.8, 4) is 0 Å². The third-order valence-electron chi connectivity index (χ3n) is 5.28. The van der Waals surface area contributed by atoms with E-state index in [-0.39, 0.29) is 12.3 Å². The number of carbonyl (C=O) groups excluding carboxylic acids is 2. The van der Waals surface area contributed by atoms with Gasteiger partial charge in [0.2, 0.25) is 5.91 Å². The lowest BCUT2D eigenvalue weighted by Gasteiger charge is -2.31. The van der Waals surface area contributed by atoms with Gasteiger partial charge in [-0.3, -0.25) is 4.79 Å². The summed E-state index contributed by atoms with van der Waals surface area (Å²) in [6.45, 7) is 1.86. The number of hydrogen-bond acceptors (Lipinski definition) is 3. The summed E-state index contributed by atoms with van der Waals surface area (Å²) in [5, 5.41) is 3.49. The molecule has 1 atom stereocenters. The molecule has 0 spiro atoms. The Balaban J connectivity index is 1.95. The van der Waals surface area contributed by atoms with Crippen molar-refractivity contribution < 1.29 is 14.3 Å². The zero-order valence-corrected chi connectivity index (χ0v) is 17.7. The van der Waals surface area contributed by atoms with Crippen molar-refractivity contribution in [2.24, 2.45) is 0 Å². The molecule has 0 aliphatic rings. The number of halogens is 1. The number of esters is 1. The van der Waals surface area contributed by atoms with Crippen molar-refractivity contribution in [3.63, 3.8) is 0 Å². The number of ether oxygens (including phenoxy) is 1. The largest absolute Gasteiger partial charge is 0.467 e. The van der Waals surface area contributed by atoms with Crippen LogP contribution in [0.15, 0.2) is 84.9 Å². The van der Waals surface area contributed by atoms with E-state index in [0.717, 1.165) is 16.7 Å². The van der Waals surface area contributed by atoms with Gasteiger partial charge in [-0.2, -0.15) is 0 Å². The number of rotatable bonds is 7. The Morgan fingerprint density at radius 1 is 0.933 bits per heavy atom. The lowest BCUT2D eigenvalue weighted by Crippen LogP contribution is -2.51. The van der Waals surface area contributed by atoms with Crippen molar-refractivity contribution in [2.45, 2.75) is 24.8 Å². The second kappa shape index (κ2) is 9.59. The lowest BCUT2D eigenvalue weighted by atomic mass is 9.75. The van der Waals surface area contributed by atoms with Crippen LogP contribution in [-0.4, -0.2) is 25.0 Å². The van der Waals surface area contributed by atoms with Crippen LogP contribution in [0.2, 0.25) is 5.02 Å². The molecule has 0 aliphatic heterocycles. The number of amides is 1. The number of benzene rings is 3. The maximum atomic E-state index is 13.6. The van der Waals surface area contributed by atoms with Gasteiger partial charge in [-0.15, -0.1) is 0 Å². The second-order valence-electron chi connectivity index (χ2n) is 7.24. The van der Waals surface area contributed by atoms with Crippen LogP contribution >= 0.6 is 11.6 Å². The predicted molar refractivity (Wildman–Crippen MR) is 118 cm³/mol. The minimum absolute atomic E-state index is 0.276. The first-order valence-corrected chi connectivity index (χ1v) is 10.1. The molecule has 4 nitrogen and oxygen atoms in total. The highest BCUT2D eigenvalue weighted by molar-refractivity contribution is 6.30. The average Bonchev–Trinajstić information content (AvgIpc) is 2.78. The highest BCUT2D eigenvalue weighted by Crippen LogP contribution is 2.32. The monoisotopic (exact) mass is 421 g/mol. The molecule has 3 rings (SSSR count). The molecule has 0 bridgehead atoms. The third kappa shape index (κ3) is 4.71. The molecule has 30 heavy (non-hydrogen) atoms. The van der Waals surface area contributed by atoms with Crippen LogP contribution in [0.4, 0.5) is 0 Å². The summed E-state index contributed by atoms with van der Waals surface area (Å²) in [6.07, 6.45) is 0.276. The normalized spacial score (nSPS) is 12.1. The second-order valence-corrected chi connectivity index (χ2v) is 7.68. The molecular weight excluding hydrogens is 398 g/mol. The van der Waals surface area contributed by atoms with Gasteiger partial charge in [0.05, 0.1) is 12.5 Å². The minimum atomic E-state index is -0.983. The van der Waals surface area contributed by atoms with Gasteiger partial charge in [0.15, 0.2) is 0 Å². The number of carbonyl (C=O) groups is 2. The Bertz CT molecular complexity index is 966. The van der Waals surface area contributed by atoms with Crippen LogP contribution in [0.1, 0.15) is 23.6 Å². The first-order valence-electron chi connectivity index (χ1n) is 9.69. The smallest absolute Gasteiger partial charge is 0.328 e. The van der Waals surface area contributed by atoms with Crippen LogP contribution in [0.25, 0.3) is 0 Å². The van der Waals surface area contributed by atoms with Crippen LogP contribution < -0.4 is 5.32 Å². The Labute approximate surface area is 181 Å². The number of nitrogens with one attached hydrogen (secondary N) is 1. The summed E-state index contributed by atoms with van der Waals surface area (Å²) in [5.74, 6) is -0.788. The quantitative estimate of drug-likeness (QED) is 0.569. The molecule has 154 valence electrons. The zero-order chi connectivity index (χ0) is 21.6. The average molecular weight is 422 g/mol. The summed E-state index contributed by atoms with van der Waals surface area (Å²) < 4.78 is 4.95. The van der Waals surface area contributed by atoms with E-state index in [4.69, 9.17) is 16.3 Å². The first kappa shape index (κ1) is 21.6. The molecule has 1 N–H and O–H groups in total. The van der Waals surface area contributed by atoms with Crippen LogP contribution in [-0.2, 0) is 26.2 Å². The van der Waals surface area contributed by atoms with E-state index < -0.39 is 17.4 Å². The van der Waals surface area contributed by atoms with Gasteiger partial charge >= 0.3 is 5.97 Å². The van der Waals surface area contributed by atoms with Crippen molar-refractivity contribution in [2.75, 3.05) is 7.11 Å². The Hall–Kier alpha value is -3.11. The number of methoxy groups -OCH3 is 1. The molecule has 0 fully saturated rings. The summed E-state index contributed by atoms with van der Waals surface area (Å²) >= 11 is 6.08. The van der Waals surface area contributed by atoms with Crippen LogP contribution in [0.5, 0.6) is 0 Å². The van der Waals surface area contributed by atoms with Gasteiger partial charge in [0, 0.05) is 11.4 Å².